The Balaban J connectivity index is 1.63. The van der Waals surface area contributed by atoms with Gasteiger partial charge in [-0.1, -0.05) is 27.7 Å². The van der Waals surface area contributed by atoms with Crippen LogP contribution in [0.25, 0.3) is 0 Å². The first-order valence-electron chi connectivity index (χ1n) is 7.61. The van der Waals surface area contributed by atoms with E-state index in [1.54, 1.807) is 48.5 Å². The van der Waals surface area contributed by atoms with Crippen LogP contribution in [0.15, 0.2) is 53.0 Å². The third-order valence-corrected chi connectivity index (χ3v) is 5.10. The van der Waals surface area contributed by atoms with Crippen LogP contribution < -0.4 is 5.32 Å². The van der Waals surface area contributed by atoms with Gasteiger partial charge in [0.05, 0.1) is 12.3 Å². The third kappa shape index (κ3) is 4.20. The molecule has 26 heavy (non-hydrogen) atoms. The van der Waals surface area contributed by atoms with Crippen molar-refractivity contribution in [3.63, 3.8) is 0 Å². The molecule has 1 saturated heterocycles. The molecule has 0 saturated carbocycles. The lowest BCUT2D eigenvalue weighted by molar-refractivity contribution is -0.124. The van der Waals surface area contributed by atoms with Crippen molar-refractivity contribution in [2.75, 3.05) is 17.6 Å². The highest BCUT2D eigenvalue weighted by molar-refractivity contribution is 9.10. The van der Waals surface area contributed by atoms with Gasteiger partial charge in [-0.2, -0.15) is 0 Å². The third-order valence-electron chi connectivity index (χ3n) is 3.71. The summed E-state index contributed by atoms with van der Waals surface area (Å²) >= 11 is 4.20. The van der Waals surface area contributed by atoms with Gasteiger partial charge in [-0.25, -0.2) is 0 Å². The predicted octanol–water partition coefficient (Wildman–Crippen LogP) is 3.58. The first-order chi connectivity index (χ1) is 12.4. The molecule has 1 heterocycles. The Hall–Kier alpha value is -2.45. The van der Waals surface area contributed by atoms with E-state index >= 15 is 0 Å². The number of Topliss-reactive ketones (excluding diaryl/α,β-unsaturated/α-hetero) is 1. The summed E-state index contributed by atoms with van der Waals surface area (Å²) in [6.45, 7) is -0.269. The average Bonchev–Trinajstić information content (AvgIpc) is 2.94. The number of benzene rings is 2. The van der Waals surface area contributed by atoms with Crippen LogP contribution in [0.4, 0.5) is 10.5 Å². The van der Waals surface area contributed by atoms with Crippen LogP contribution in [0, 0.1) is 0 Å². The van der Waals surface area contributed by atoms with Crippen LogP contribution in [0.5, 0.6) is 0 Å². The zero-order valence-corrected chi connectivity index (χ0v) is 15.8. The topological polar surface area (TPSA) is 83.6 Å². The molecule has 1 fully saturated rings. The van der Waals surface area contributed by atoms with E-state index in [1.165, 1.54) is 0 Å². The van der Waals surface area contributed by atoms with Crippen LogP contribution in [0.2, 0.25) is 0 Å². The number of thioether (sulfide) groups is 1. The molecule has 3 rings (SSSR count). The molecule has 0 aliphatic carbocycles. The number of ketones is 1. The minimum atomic E-state index is -0.401. The van der Waals surface area contributed by atoms with Gasteiger partial charge in [0.25, 0.3) is 11.1 Å². The molecule has 0 radical (unpaired) electrons. The molecule has 1 aliphatic heterocycles. The van der Waals surface area contributed by atoms with Gasteiger partial charge in [-0.15, -0.1) is 0 Å². The van der Waals surface area contributed by atoms with E-state index in [0.29, 0.717) is 16.8 Å². The minimum Gasteiger partial charge on any atom is -0.322 e. The molecule has 3 amide bonds. The maximum absolute atomic E-state index is 12.2. The number of carbonyl (C=O) groups is 4. The quantitative estimate of drug-likeness (QED) is 0.729. The Morgan fingerprint density at radius 1 is 1.00 bits per heavy atom. The highest BCUT2D eigenvalue weighted by Crippen LogP contribution is 2.20. The monoisotopic (exact) mass is 432 g/mol. The molecule has 0 unspecified atom stereocenters. The number of nitrogens with zero attached hydrogens (tertiary/aromatic N) is 1. The molecule has 1 aliphatic rings. The second kappa shape index (κ2) is 7.84. The number of anilines is 1. The van der Waals surface area contributed by atoms with Gasteiger partial charge < -0.3 is 5.32 Å². The minimum absolute atomic E-state index is 0.0765. The number of rotatable bonds is 5. The van der Waals surface area contributed by atoms with Crippen molar-refractivity contribution >= 4 is 56.2 Å². The number of halogens is 1. The van der Waals surface area contributed by atoms with Gasteiger partial charge in [-0.3, -0.25) is 24.1 Å². The first-order valence-corrected chi connectivity index (χ1v) is 9.39. The molecular weight excluding hydrogens is 420 g/mol. The lowest BCUT2D eigenvalue weighted by Crippen LogP contribution is -2.33. The molecule has 132 valence electrons. The summed E-state index contributed by atoms with van der Waals surface area (Å²) in [6.07, 6.45) is 0. The first kappa shape index (κ1) is 18.3. The van der Waals surface area contributed by atoms with E-state index in [0.717, 1.165) is 21.1 Å². The van der Waals surface area contributed by atoms with E-state index in [9.17, 15) is 19.2 Å². The molecule has 0 atom stereocenters. The highest BCUT2D eigenvalue weighted by Gasteiger charge is 2.31. The molecule has 0 spiro atoms. The van der Waals surface area contributed by atoms with Crippen LogP contribution in [-0.4, -0.2) is 40.0 Å². The van der Waals surface area contributed by atoms with Gasteiger partial charge in [0.15, 0.2) is 5.78 Å². The van der Waals surface area contributed by atoms with E-state index in [4.69, 9.17) is 0 Å². The average molecular weight is 433 g/mol. The smallest absolute Gasteiger partial charge is 0.289 e. The number of nitrogens with one attached hydrogen (secondary N) is 1. The summed E-state index contributed by atoms with van der Waals surface area (Å²) in [4.78, 5) is 48.5. The van der Waals surface area contributed by atoms with Crippen LogP contribution >= 0.6 is 27.7 Å². The number of hydrogen-bond acceptors (Lipinski definition) is 5. The zero-order valence-electron chi connectivity index (χ0n) is 13.4. The van der Waals surface area contributed by atoms with Crippen molar-refractivity contribution in [3.05, 3.63) is 64.1 Å². The standard InChI is InChI=1S/C18H13BrN2O4S/c19-13-5-1-12(2-6-13)17(24)20-14-7-3-11(4-8-14)15(22)9-21-16(23)10-26-18(21)25/h1-8H,9-10H2,(H,20,24). The van der Waals surface area contributed by atoms with E-state index in [1.807, 2.05) is 0 Å². The lowest BCUT2D eigenvalue weighted by Gasteiger charge is -2.12. The van der Waals surface area contributed by atoms with Crippen LogP contribution in [-0.2, 0) is 4.79 Å². The maximum atomic E-state index is 12.2. The summed E-state index contributed by atoms with van der Waals surface area (Å²) in [5.74, 6) is -0.874. The van der Waals surface area contributed by atoms with Crippen LogP contribution in [0.3, 0.4) is 0 Å². The van der Waals surface area contributed by atoms with Crippen molar-refractivity contribution in [2.45, 2.75) is 0 Å². The molecular formula is C18H13BrN2O4S. The Bertz CT molecular complexity index is 865. The predicted molar refractivity (Wildman–Crippen MR) is 102 cm³/mol. The summed E-state index contributed by atoms with van der Waals surface area (Å²) in [7, 11) is 0. The van der Waals surface area contributed by atoms with Gasteiger partial charge >= 0.3 is 0 Å². The van der Waals surface area contributed by atoms with Gasteiger partial charge in [0, 0.05) is 21.3 Å². The largest absolute Gasteiger partial charge is 0.322 e. The maximum Gasteiger partial charge on any atom is 0.289 e. The Labute approximate surface area is 162 Å². The summed E-state index contributed by atoms with van der Waals surface area (Å²) in [5, 5.41) is 2.34. The fourth-order valence-corrected chi connectivity index (χ4v) is 3.30. The van der Waals surface area contributed by atoms with Crippen molar-refractivity contribution in [3.8, 4) is 0 Å². The number of amides is 3. The van der Waals surface area contributed by atoms with Crippen molar-refractivity contribution in [1.82, 2.24) is 4.90 Å². The number of imide groups is 1. The Kier molecular flexibility index (Phi) is 5.53. The number of hydrogen-bond donors (Lipinski definition) is 1. The van der Waals surface area contributed by atoms with Crippen LogP contribution in [0.1, 0.15) is 20.7 Å². The fourth-order valence-electron chi connectivity index (χ4n) is 2.31. The lowest BCUT2D eigenvalue weighted by atomic mass is 10.1. The molecule has 8 heteroatoms. The summed E-state index contributed by atoms with van der Waals surface area (Å²) < 4.78 is 0.880. The molecule has 2 aromatic carbocycles. The summed E-state index contributed by atoms with van der Waals surface area (Å²) in [5.41, 5.74) is 1.42. The molecule has 2 aromatic rings. The fraction of sp³-hybridized carbons (Fsp3) is 0.111. The SMILES string of the molecule is O=C(CN1C(=O)CSC1=O)c1ccc(NC(=O)c2ccc(Br)cc2)cc1. The molecule has 6 nitrogen and oxygen atoms in total. The van der Waals surface area contributed by atoms with E-state index < -0.39 is 5.24 Å². The van der Waals surface area contributed by atoms with Crippen molar-refractivity contribution in [1.29, 1.82) is 0 Å². The Morgan fingerprint density at radius 3 is 2.19 bits per heavy atom. The Morgan fingerprint density at radius 2 is 1.62 bits per heavy atom. The van der Waals surface area contributed by atoms with E-state index in [-0.39, 0.29) is 29.9 Å². The molecule has 0 bridgehead atoms. The second-order valence-corrected chi connectivity index (χ2v) is 7.34. The highest BCUT2D eigenvalue weighted by atomic mass is 79.9. The molecule has 1 N–H and O–H groups in total. The second-order valence-electron chi connectivity index (χ2n) is 5.50. The van der Waals surface area contributed by atoms with Gasteiger partial charge in [0.2, 0.25) is 5.91 Å². The van der Waals surface area contributed by atoms with E-state index in [2.05, 4.69) is 21.2 Å². The van der Waals surface area contributed by atoms with Gasteiger partial charge in [0.1, 0.15) is 0 Å². The van der Waals surface area contributed by atoms with Crippen molar-refractivity contribution < 1.29 is 19.2 Å². The normalized spacial score (nSPS) is 13.8. The zero-order chi connectivity index (χ0) is 18.7. The summed E-state index contributed by atoms with van der Waals surface area (Å²) in [6, 6.07) is 13.2. The number of carbonyl (C=O) groups excluding carboxylic acids is 4. The molecule has 0 aromatic heterocycles. The van der Waals surface area contributed by atoms with Crippen molar-refractivity contribution in [2.24, 2.45) is 0 Å². The van der Waals surface area contributed by atoms with Gasteiger partial charge in [-0.05, 0) is 48.5 Å².